The van der Waals surface area contributed by atoms with Crippen LogP contribution in [-0.2, 0) is 4.74 Å². The van der Waals surface area contributed by atoms with Crippen molar-refractivity contribution in [3.63, 3.8) is 0 Å². The van der Waals surface area contributed by atoms with Crippen molar-refractivity contribution in [2.24, 2.45) is 0 Å². The number of hydrogen-bond donors (Lipinski definition) is 0. The smallest absolute Gasteiger partial charge is 0.243 e. The Labute approximate surface area is 111 Å². The minimum Gasteiger partial charge on any atom is -0.479 e. The third-order valence-corrected chi connectivity index (χ3v) is 3.77. The van der Waals surface area contributed by atoms with Crippen LogP contribution in [0.15, 0.2) is 12.4 Å². The fourth-order valence-electron chi connectivity index (χ4n) is 2.77. The molecule has 3 heterocycles. The maximum Gasteiger partial charge on any atom is 0.243 e. The highest BCUT2D eigenvalue weighted by Gasteiger charge is 2.37. The Balaban J connectivity index is 1.76. The molecule has 0 saturated carbocycles. The number of Topliss-reactive ketones (excluding diaryl/α,β-unsaturated/α-hetero) is 1. The van der Waals surface area contributed by atoms with Crippen molar-refractivity contribution in [3.8, 4) is 5.88 Å². The molecule has 2 fully saturated rings. The normalized spacial score (nSPS) is 27.0. The van der Waals surface area contributed by atoms with E-state index in [0.717, 1.165) is 13.0 Å². The van der Waals surface area contributed by atoms with E-state index in [-0.39, 0.29) is 17.4 Å². The molecular formula is C13H17N3O3. The highest BCUT2D eigenvalue weighted by Crippen LogP contribution is 2.25. The topological polar surface area (TPSA) is 64.6 Å². The summed E-state index contributed by atoms with van der Waals surface area (Å²) < 4.78 is 10.8. The Kier molecular flexibility index (Phi) is 3.44. The van der Waals surface area contributed by atoms with Crippen molar-refractivity contribution in [3.05, 3.63) is 18.1 Å². The molecule has 0 radical (unpaired) electrons. The molecule has 2 saturated heterocycles. The van der Waals surface area contributed by atoms with E-state index in [1.165, 1.54) is 25.9 Å². The minimum absolute atomic E-state index is 0.143. The van der Waals surface area contributed by atoms with Gasteiger partial charge in [-0.3, -0.25) is 9.69 Å². The average molecular weight is 263 g/mol. The van der Waals surface area contributed by atoms with Gasteiger partial charge in [0.15, 0.2) is 5.69 Å². The van der Waals surface area contributed by atoms with Gasteiger partial charge >= 0.3 is 0 Å². The summed E-state index contributed by atoms with van der Waals surface area (Å²) >= 11 is 0. The molecule has 0 N–H and O–H groups in total. The molecule has 2 aliphatic heterocycles. The lowest BCUT2D eigenvalue weighted by atomic mass is 10.1. The lowest BCUT2D eigenvalue weighted by molar-refractivity contribution is -0.0347. The van der Waals surface area contributed by atoms with Crippen LogP contribution in [-0.4, -0.2) is 59.6 Å². The number of ether oxygens (including phenoxy) is 2. The molecule has 3 rings (SSSR count). The Morgan fingerprint density at radius 3 is 3.16 bits per heavy atom. The summed E-state index contributed by atoms with van der Waals surface area (Å²) in [6, 6.07) is 0.479. The van der Waals surface area contributed by atoms with Crippen LogP contribution in [0, 0.1) is 0 Å². The zero-order valence-electron chi connectivity index (χ0n) is 10.9. The van der Waals surface area contributed by atoms with Crippen LogP contribution < -0.4 is 4.74 Å². The third-order valence-electron chi connectivity index (χ3n) is 3.77. The van der Waals surface area contributed by atoms with Gasteiger partial charge in [0.25, 0.3) is 0 Å². The number of aromatic nitrogens is 2. The monoisotopic (exact) mass is 263 g/mol. The molecule has 0 spiro atoms. The first-order valence-electron chi connectivity index (χ1n) is 6.54. The Hall–Kier alpha value is -1.53. The summed E-state index contributed by atoms with van der Waals surface area (Å²) in [5, 5.41) is 0. The van der Waals surface area contributed by atoms with E-state index in [0.29, 0.717) is 19.2 Å². The summed E-state index contributed by atoms with van der Waals surface area (Å²) in [7, 11) is 1.49. The van der Waals surface area contributed by atoms with Gasteiger partial charge in [0, 0.05) is 25.0 Å². The fraction of sp³-hybridized carbons (Fsp3) is 0.615. The molecule has 1 aromatic rings. The van der Waals surface area contributed by atoms with E-state index in [4.69, 9.17) is 9.47 Å². The van der Waals surface area contributed by atoms with Gasteiger partial charge in [-0.15, -0.1) is 0 Å². The Bertz CT molecular complexity index is 480. The number of nitrogens with zero attached hydrogens (tertiary/aromatic N) is 3. The van der Waals surface area contributed by atoms with E-state index < -0.39 is 6.10 Å². The van der Waals surface area contributed by atoms with Gasteiger partial charge in [0.2, 0.25) is 11.7 Å². The molecule has 6 heteroatoms. The largest absolute Gasteiger partial charge is 0.479 e. The zero-order chi connectivity index (χ0) is 13.2. The van der Waals surface area contributed by atoms with Gasteiger partial charge in [0.05, 0.1) is 13.7 Å². The second-order valence-corrected chi connectivity index (χ2v) is 4.89. The molecule has 0 amide bonds. The first kappa shape index (κ1) is 12.5. The SMILES string of the molecule is COc1nccnc1C(=O)C1CN2CCCC2CO1. The second-order valence-electron chi connectivity index (χ2n) is 4.89. The van der Waals surface area contributed by atoms with Crippen LogP contribution in [0.4, 0.5) is 0 Å². The van der Waals surface area contributed by atoms with Crippen LogP contribution in [0.25, 0.3) is 0 Å². The first-order chi connectivity index (χ1) is 9.29. The van der Waals surface area contributed by atoms with Crippen molar-refractivity contribution < 1.29 is 14.3 Å². The molecule has 0 aromatic carbocycles. The second kappa shape index (κ2) is 5.22. The quantitative estimate of drug-likeness (QED) is 0.741. The van der Waals surface area contributed by atoms with E-state index in [1.807, 2.05) is 0 Å². The summed E-state index contributed by atoms with van der Waals surface area (Å²) in [4.78, 5) is 22.8. The highest BCUT2D eigenvalue weighted by atomic mass is 16.5. The van der Waals surface area contributed by atoms with E-state index in [1.54, 1.807) is 0 Å². The van der Waals surface area contributed by atoms with E-state index in [2.05, 4.69) is 14.9 Å². The van der Waals surface area contributed by atoms with Crippen LogP contribution >= 0.6 is 0 Å². The number of rotatable bonds is 3. The zero-order valence-corrected chi connectivity index (χ0v) is 10.9. The number of carbonyl (C=O) groups is 1. The number of ketones is 1. The molecule has 0 bridgehead atoms. The summed E-state index contributed by atoms with van der Waals surface area (Å²) in [5.41, 5.74) is 0.257. The maximum atomic E-state index is 12.4. The molecule has 0 aliphatic carbocycles. The molecular weight excluding hydrogens is 246 g/mol. The van der Waals surface area contributed by atoms with Crippen molar-refractivity contribution >= 4 is 5.78 Å². The first-order valence-corrected chi connectivity index (χ1v) is 6.54. The summed E-state index contributed by atoms with van der Waals surface area (Å²) in [6.07, 6.45) is 4.89. The average Bonchev–Trinajstić information content (AvgIpc) is 2.93. The Morgan fingerprint density at radius 2 is 2.32 bits per heavy atom. The van der Waals surface area contributed by atoms with Crippen molar-refractivity contribution in [2.75, 3.05) is 26.8 Å². The van der Waals surface area contributed by atoms with Gasteiger partial charge in [0.1, 0.15) is 6.10 Å². The van der Waals surface area contributed by atoms with E-state index in [9.17, 15) is 4.79 Å². The molecule has 102 valence electrons. The van der Waals surface area contributed by atoms with Crippen molar-refractivity contribution in [1.82, 2.24) is 14.9 Å². The van der Waals surface area contributed by atoms with Crippen molar-refractivity contribution in [1.29, 1.82) is 0 Å². The minimum atomic E-state index is -0.458. The molecule has 2 unspecified atom stereocenters. The lowest BCUT2D eigenvalue weighted by Crippen LogP contribution is -2.49. The van der Waals surface area contributed by atoms with Gasteiger partial charge in [-0.2, -0.15) is 0 Å². The van der Waals surface area contributed by atoms with Crippen LogP contribution in [0.1, 0.15) is 23.3 Å². The van der Waals surface area contributed by atoms with Crippen LogP contribution in [0.2, 0.25) is 0 Å². The molecule has 19 heavy (non-hydrogen) atoms. The molecule has 2 atom stereocenters. The number of fused-ring (bicyclic) bond motifs is 1. The maximum absolute atomic E-state index is 12.4. The van der Waals surface area contributed by atoms with Gasteiger partial charge in [-0.25, -0.2) is 9.97 Å². The number of methoxy groups -OCH3 is 1. The van der Waals surface area contributed by atoms with Gasteiger partial charge < -0.3 is 9.47 Å². The Morgan fingerprint density at radius 1 is 1.47 bits per heavy atom. The fourth-order valence-corrected chi connectivity index (χ4v) is 2.77. The molecule has 6 nitrogen and oxygen atoms in total. The van der Waals surface area contributed by atoms with Gasteiger partial charge in [-0.05, 0) is 19.4 Å². The number of hydrogen-bond acceptors (Lipinski definition) is 6. The predicted molar refractivity (Wildman–Crippen MR) is 67.2 cm³/mol. The molecule has 2 aliphatic rings. The lowest BCUT2D eigenvalue weighted by Gasteiger charge is -2.34. The molecule has 1 aromatic heterocycles. The van der Waals surface area contributed by atoms with Gasteiger partial charge in [-0.1, -0.05) is 0 Å². The predicted octanol–water partition coefficient (Wildman–Crippen LogP) is 0.531. The van der Waals surface area contributed by atoms with E-state index >= 15 is 0 Å². The number of morpholine rings is 1. The van der Waals surface area contributed by atoms with Crippen LogP contribution in [0.5, 0.6) is 5.88 Å². The van der Waals surface area contributed by atoms with Crippen LogP contribution in [0.3, 0.4) is 0 Å². The third kappa shape index (κ3) is 2.33. The summed E-state index contributed by atoms with van der Waals surface area (Å²) in [5.74, 6) is 0.120. The number of carbonyl (C=O) groups excluding carboxylic acids is 1. The van der Waals surface area contributed by atoms with Crippen molar-refractivity contribution in [2.45, 2.75) is 25.0 Å². The standard InChI is InChI=1S/C13H17N3O3/c1-18-13-11(14-4-5-15-13)12(17)10-7-16-6-2-3-9(16)8-19-10/h4-5,9-10H,2-3,6-8H2,1H3. The highest BCUT2D eigenvalue weighted by molar-refractivity contribution is 5.99. The summed E-state index contributed by atoms with van der Waals surface area (Å²) in [6.45, 7) is 2.32.